The van der Waals surface area contributed by atoms with Crippen molar-refractivity contribution in [1.29, 1.82) is 0 Å². The fourth-order valence-corrected chi connectivity index (χ4v) is 2.46. The predicted molar refractivity (Wildman–Crippen MR) is 73.1 cm³/mol. The van der Waals surface area contributed by atoms with Gasteiger partial charge in [0.05, 0.1) is 9.77 Å². The van der Waals surface area contributed by atoms with Crippen LogP contribution >= 0.6 is 22.6 Å². The van der Waals surface area contributed by atoms with E-state index >= 15 is 0 Å². The number of amides is 1. The lowest BCUT2D eigenvalue weighted by atomic mass is 10.2. The highest BCUT2D eigenvalue weighted by Gasteiger charge is 2.29. The molecule has 0 N–H and O–H groups in total. The Labute approximate surface area is 114 Å². The van der Waals surface area contributed by atoms with Crippen molar-refractivity contribution >= 4 is 34.5 Å². The van der Waals surface area contributed by atoms with Crippen molar-refractivity contribution < 1.29 is 9.53 Å². The highest BCUT2D eigenvalue weighted by molar-refractivity contribution is 14.1. The number of anilines is 1. The Morgan fingerprint density at radius 2 is 2.18 bits per heavy atom. The Morgan fingerprint density at radius 3 is 2.82 bits per heavy atom. The number of aryl methyl sites for hydroxylation is 1. The molecule has 1 aromatic heterocycles. The highest BCUT2D eigenvalue weighted by atomic mass is 127. The Morgan fingerprint density at radius 1 is 1.47 bits per heavy atom. The summed E-state index contributed by atoms with van der Waals surface area (Å²) in [6, 6.07) is 0. The lowest BCUT2D eigenvalue weighted by Gasteiger charge is -2.30. The summed E-state index contributed by atoms with van der Waals surface area (Å²) in [6.07, 6.45) is 2.39. The zero-order valence-electron chi connectivity index (χ0n) is 10.2. The first-order valence-corrected chi connectivity index (χ1v) is 6.68. The van der Waals surface area contributed by atoms with Crippen molar-refractivity contribution in [1.82, 2.24) is 9.78 Å². The second-order valence-corrected chi connectivity index (χ2v) is 6.19. The van der Waals surface area contributed by atoms with E-state index in [1.54, 1.807) is 11.1 Å². The van der Waals surface area contributed by atoms with Gasteiger partial charge in [-0.25, -0.2) is 9.48 Å². The molecule has 94 valence electrons. The van der Waals surface area contributed by atoms with Gasteiger partial charge in [0, 0.05) is 13.1 Å². The number of aromatic nitrogens is 2. The minimum Gasteiger partial charge on any atom is -0.443 e. The van der Waals surface area contributed by atoms with E-state index in [0.29, 0.717) is 6.54 Å². The Balaban J connectivity index is 2.24. The van der Waals surface area contributed by atoms with Crippen LogP contribution < -0.4 is 4.90 Å². The molecule has 2 rings (SSSR count). The van der Waals surface area contributed by atoms with Gasteiger partial charge in [0.1, 0.15) is 11.4 Å². The molecule has 17 heavy (non-hydrogen) atoms. The highest BCUT2D eigenvalue weighted by Crippen LogP contribution is 2.27. The number of carbonyl (C=O) groups is 1. The number of rotatable bonds is 0. The van der Waals surface area contributed by atoms with Gasteiger partial charge < -0.3 is 4.74 Å². The van der Waals surface area contributed by atoms with Crippen LogP contribution in [0.25, 0.3) is 0 Å². The van der Waals surface area contributed by atoms with Crippen molar-refractivity contribution in [2.24, 2.45) is 0 Å². The van der Waals surface area contributed by atoms with E-state index in [2.05, 4.69) is 27.7 Å². The maximum Gasteiger partial charge on any atom is 0.416 e. The van der Waals surface area contributed by atoms with Crippen molar-refractivity contribution in [3.63, 3.8) is 0 Å². The summed E-state index contributed by atoms with van der Waals surface area (Å²) < 4.78 is 8.24. The van der Waals surface area contributed by atoms with Gasteiger partial charge in [-0.1, -0.05) is 0 Å². The number of carbonyl (C=O) groups excluding carboxylic acids is 1. The van der Waals surface area contributed by atoms with Crippen LogP contribution in [0.2, 0.25) is 0 Å². The van der Waals surface area contributed by atoms with Crippen LogP contribution in [0.15, 0.2) is 6.20 Å². The van der Waals surface area contributed by atoms with Crippen LogP contribution in [0, 0.1) is 3.57 Å². The molecule has 1 amide bonds. The molecule has 0 unspecified atom stereocenters. The summed E-state index contributed by atoms with van der Waals surface area (Å²) in [6.45, 7) is 7.17. The number of halogens is 1. The molecule has 0 atom stereocenters. The molecule has 6 heteroatoms. The second kappa shape index (κ2) is 4.47. The van der Waals surface area contributed by atoms with E-state index in [1.165, 1.54) is 0 Å². The molecule has 1 aliphatic rings. The topological polar surface area (TPSA) is 47.4 Å². The molecule has 0 aromatic carbocycles. The van der Waals surface area contributed by atoms with E-state index in [4.69, 9.17) is 4.74 Å². The zero-order valence-corrected chi connectivity index (χ0v) is 12.4. The molecule has 0 fully saturated rings. The minimum atomic E-state index is -0.467. The molecule has 5 nitrogen and oxygen atoms in total. The molecule has 0 radical (unpaired) electrons. The molecule has 0 bridgehead atoms. The fraction of sp³-hybridized carbons (Fsp3) is 0.636. The monoisotopic (exact) mass is 349 g/mol. The second-order valence-electron chi connectivity index (χ2n) is 5.02. The largest absolute Gasteiger partial charge is 0.443 e. The molecule has 0 spiro atoms. The molecule has 0 saturated carbocycles. The van der Waals surface area contributed by atoms with Gasteiger partial charge in [0.2, 0.25) is 0 Å². The third-order valence-corrected chi connectivity index (χ3v) is 3.15. The predicted octanol–water partition coefficient (Wildman–Crippen LogP) is 2.63. The molecule has 2 heterocycles. The average molecular weight is 349 g/mol. The van der Waals surface area contributed by atoms with Crippen LogP contribution in [-0.4, -0.2) is 28.0 Å². The number of hydrogen-bond acceptors (Lipinski definition) is 3. The average Bonchev–Trinajstić information content (AvgIpc) is 2.58. The first-order valence-electron chi connectivity index (χ1n) is 5.60. The number of fused-ring (bicyclic) bond motifs is 1. The summed E-state index contributed by atoms with van der Waals surface area (Å²) in [5, 5.41) is 4.25. The lowest BCUT2D eigenvalue weighted by Crippen LogP contribution is -2.41. The van der Waals surface area contributed by atoms with Crippen LogP contribution in [0.3, 0.4) is 0 Å². The van der Waals surface area contributed by atoms with E-state index < -0.39 is 5.60 Å². The van der Waals surface area contributed by atoms with E-state index in [1.807, 2.05) is 25.5 Å². The maximum atomic E-state index is 12.1. The van der Waals surface area contributed by atoms with Crippen LogP contribution in [0.1, 0.15) is 27.2 Å². The van der Waals surface area contributed by atoms with E-state index in [9.17, 15) is 4.79 Å². The summed E-state index contributed by atoms with van der Waals surface area (Å²) in [7, 11) is 0. The molecule has 0 saturated heterocycles. The first kappa shape index (κ1) is 12.7. The molecule has 1 aliphatic heterocycles. The quantitative estimate of drug-likeness (QED) is 0.677. The summed E-state index contributed by atoms with van der Waals surface area (Å²) >= 11 is 2.19. The van der Waals surface area contributed by atoms with Gasteiger partial charge in [-0.15, -0.1) is 0 Å². The third kappa shape index (κ3) is 2.72. The van der Waals surface area contributed by atoms with Crippen molar-refractivity contribution in [2.45, 2.75) is 39.3 Å². The Hall–Kier alpha value is -0.790. The summed E-state index contributed by atoms with van der Waals surface area (Å²) in [5.41, 5.74) is -0.467. The standard InChI is InChI=1S/C11H16IN3O2/c1-11(2,3)17-10(16)14-5-4-6-15-9(14)8(12)7-13-15/h7H,4-6H2,1-3H3. The smallest absolute Gasteiger partial charge is 0.416 e. The summed E-state index contributed by atoms with van der Waals surface area (Å²) in [4.78, 5) is 13.8. The van der Waals surface area contributed by atoms with Gasteiger partial charge in [-0.05, 0) is 49.8 Å². The van der Waals surface area contributed by atoms with Crippen molar-refractivity contribution in [3.05, 3.63) is 9.77 Å². The van der Waals surface area contributed by atoms with Crippen LogP contribution in [0.5, 0.6) is 0 Å². The fourth-order valence-electron chi connectivity index (χ4n) is 1.77. The third-order valence-electron chi connectivity index (χ3n) is 2.39. The molecule has 1 aromatic rings. The van der Waals surface area contributed by atoms with Gasteiger partial charge in [0.25, 0.3) is 0 Å². The van der Waals surface area contributed by atoms with E-state index in [0.717, 1.165) is 22.4 Å². The van der Waals surface area contributed by atoms with Crippen molar-refractivity contribution in [2.75, 3.05) is 11.4 Å². The number of hydrogen-bond donors (Lipinski definition) is 0. The van der Waals surface area contributed by atoms with Gasteiger partial charge in [0.15, 0.2) is 0 Å². The molecular formula is C11H16IN3O2. The number of nitrogens with zero attached hydrogens (tertiary/aromatic N) is 3. The Bertz CT molecular complexity index is 436. The lowest BCUT2D eigenvalue weighted by molar-refractivity contribution is 0.0572. The number of ether oxygens (including phenoxy) is 1. The molecule has 0 aliphatic carbocycles. The van der Waals surface area contributed by atoms with Gasteiger partial charge in [-0.3, -0.25) is 4.90 Å². The van der Waals surface area contributed by atoms with Gasteiger partial charge in [-0.2, -0.15) is 5.10 Å². The molecular weight excluding hydrogens is 333 g/mol. The van der Waals surface area contributed by atoms with Gasteiger partial charge >= 0.3 is 6.09 Å². The SMILES string of the molecule is CC(C)(C)OC(=O)N1CCCn2ncc(I)c21. The van der Waals surface area contributed by atoms with Crippen molar-refractivity contribution in [3.8, 4) is 0 Å². The van der Waals surface area contributed by atoms with Crippen LogP contribution in [-0.2, 0) is 11.3 Å². The Kier molecular flexibility index (Phi) is 3.33. The van der Waals surface area contributed by atoms with Crippen LogP contribution in [0.4, 0.5) is 10.6 Å². The van der Waals surface area contributed by atoms with E-state index in [-0.39, 0.29) is 6.09 Å². The summed E-state index contributed by atoms with van der Waals surface area (Å²) in [5.74, 6) is 0.853. The minimum absolute atomic E-state index is 0.295. The zero-order chi connectivity index (χ0) is 12.6. The first-order chi connectivity index (χ1) is 7.88. The normalized spacial score (nSPS) is 15.6. The maximum absolute atomic E-state index is 12.1.